The van der Waals surface area contributed by atoms with E-state index in [9.17, 15) is 9.59 Å². The Kier molecular flexibility index (Phi) is 5.21. The number of ether oxygens (including phenoxy) is 1. The van der Waals surface area contributed by atoms with Gasteiger partial charge in [-0.3, -0.25) is 4.79 Å². The van der Waals surface area contributed by atoms with E-state index in [-0.39, 0.29) is 11.8 Å². The van der Waals surface area contributed by atoms with Crippen LogP contribution in [0.2, 0.25) is 0 Å². The molecule has 3 aromatic rings. The number of fused-ring (bicyclic) bond motifs is 2. The van der Waals surface area contributed by atoms with Crippen molar-refractivity contribution in [2.24, 2.45) is 5.92 Å². The quantitative estimate of drug-likeness (QED) is 0.551. The van der Waals surface area contributed by atoms with Crippen molar-refractivity contribution in [1.82, 2.24) is 5.32 Å². The van der Waals surface area contributed by atoms with E-state index in [1.165, 1.54) is 7.11 Å². The maximum atomic E-state index is 13.2. The zero-order chi connectivity index (χ0) is 18.7. The van der Waals surface area contributed by atoms with Gasteiger partial charge in [-0.1, -0.05) is 62.4 Å². The van der Waals surface area contributed by atoms with Gasteiger partial charge in [-0.15, -0.1) is 0 Å². The number of hydrogen-bond donors (Lipinski definition) is 1. The minimum Gasteiger partial charge on any atom is -0.467 e. The summed E-state index contributed by atoms with van der Waals surface area (Å²) in [5, 5.41) is 6.62. The smallest absolute Gasteiger partial charge is 0.328 e. The molecule has 0 aromatic heterocycles. The summed E-state index contributed by atoms with van der Waals surface area (Å²) in [6.07, 6.45) is 0.529. The van der Waals surface area contributed by atoms with Crippen LogP contribution in [-0.2, 0) is 9.53 Å². The standard InChI is InChI=1S/C22H23NO3/c1-14(2)12-19(22(25)26-3)23-21(24)20-17-10-6-4-8-15(17)13-16-9-5-7-11-18(16)20/h4-11,13-14,19H,12H2,1-3H3,(H,23,24)/t19-/m0/s1. The van der Waals surface area contributed by atoms with Gasteiger partial charge in [-0.05, 0) is 39.9 Å². The minimum atomic E-state index is -0.662. The summed E-state index contributed by atoms with van der Waals surface area (Å²) < 4.78 is 4.87. The normalized spacial score (nSPS) is 12.3. The summed E-state index contributed by atoms with van der Waals surface area (Å²) in [6.45, 7) is 4.02. The molecule has 0 aliphatic carbocycles. The molecule has 0 aliphatic heterocycles. The molecule has 4 nitrogen and oxygen atoms in total. The molecule has 0 bridgehead atoms. The molecule has 0 unspecified atom stereocenters. The van der Waals surface area contributed by atoms with Crippen molar-refractivity contribution in [2.75, 3.05) is 7.11 Å². The number of rotatable bonds is 5. The Hall–Kier alpha value is -2.88. The first-order valence-electron chi connectivity index (χ1n) is 8.80. The Morgan fingerprint density at radius 3 is 2.00 bits per heavy atom. The molecule has 0 spiro atoms. The topological polar surface area (TPSA) is 55.4 Å². The van der Waals surface area contributed by atoms with Gasteiger partial charge in [0.1, 0.15) is 6.04 Å². The third kappa shape index (κ3) is 3.54. The fourth-order valence-corrected chi connectivity index (χ4v) is 3.32. The molecule has 0 heterocycles. The van der Waals surface area contributed by atoms with Crippen LogP contribution < -0.4 is 5.32 Å². The molecule has 1 N–H and O–H groups in total. The monoisotopic (exact) mass is 349 g/mol. The van der Waals surface area contributed by atoms with Gasteiger partial charge in [-0.25, -0.2) is 4.79 Å². The van der Waals surface area contributed by atoms with Crippen LogP contribution in [0.25, 0.3) is 21.5 Å². The second kappa shape index (κ2) is 7.56. The van der Waals surface area contributed by atoms with Crippen molar-refractivity contribution >= 4 is 33.4 Å². The zero-order valence-electron chi connectivity index (χ0n) is 15.3. The van der Waals surface area contributed by atoms with Gasteiger partial charge in [0.15, 0.2) is 0 Å². The number of amides is 1. The molecule has 0 radical (unpaired) electrons. The largest absolute Gasteiger partial charge is 0.467 e. The Bertz CT molecular complexity index is 908. The fraction of sp³-hybridized carbons (Fsp3) is 0.273. The second-order valence-corrected chi connectivity index (χ2v) is 6.87. The third-order valence-corrected chi connectivity index (χ3v) is 4.50. The van der Waals surface area contributed by atoms with Crippen LogP contribution in [0.3, 0.4) is 0 Å². The minimum absolute atomic E-state index is 0.253. The number of carbonyl (C=O) groups is 2. The lowest BCUT2D eigenvalue weighted by atomic mass is 9.95. The molecule has 1 atom stereocenters. The first-order valence-corrected chi connectivity index (χ1v) is 8.80. The van der Waals surface area contributed by atoms with Crippen LogP contribution >= 0.6 is 0 Å². The van der Waals surface area contributed by atoms with E-state index < -0.39 is 12.0 Å². The van der Waals surface area contributed by atoms with Crippen LogP contribution in [0.4, 0.5) is 0 Å². The molecule has 0 saturated carbocycles. The number of hydrogen-bond acceptors (Lipinski definition) is 3. The van der Waals surface area contributed by atoms with E-state index in [2.05, 4.69) is 11.4 Å². The highest BCUT2D eigenvalue weighted by Gasteiger charge is 2.25. The van der Waals surface area contributed by atoms with Crippen LogP contribution in [0, 0.1) is 5.92 Å². The average Bonchev–Trinajstić information content (AvgIpc) is 2.64. The molecule has 3 rings (SSSR count). The van der Waals surface area contributed by atoms with Crippen LogP contribution in [-0.4, -0.2) is 25.0 Å². The van der Waals surface area contributed by atoms with Gasteiger partial charge in [0, 0.05) is 0 Å². The van der Waals surface area contributed by atoms with E-state index in [1.807, 2.05) is 62.4 Å². The maximum Gasteiger partial charge on any atom is 0.328 e. The molecular weight excluding hydrogens is 326 g/mol. The predicted molar refractivity (Wildman–Crippen MR) is 104 cm³/mol. The van der Waals surface area contributed by atoms with Gasteiger partial charge >= 0.3 is 5.97 Å². The molecule has 1 amide bonds. The molecule has 0 aliphatic rings. The van der Waals surface area contributed by atoms with Crippen molar-refractivity contribution < 1.29 is 14.3 Å². The summed E-state index contributed by atoms with van der Waals surface area (Å²) in [7, 11) is 1.34. The van der Waals surface area contributed by atoms with E-state index >= 15 is 0 Å². The fourth-order valence-electron chi connectivity index (χ4n) is 3.32. The Labute approximate surface area is 153 Å². The lowest BCUT2D eigenvalue weighted by molar-refractivity contribution is -0.143. The van der Waals surface area contributed by atoms with Crippen molar-refractivity contribution in [3.63, 3.8) is 0 Å². The Balaban J connectivity index is 2.09. The van der Waals surface area contributed by atoms with Crippen LogP contribution in [0.15, 0.2) is 54.6 Å². The molecular formula is C22H23NO3. The van der Waals surface area contributed by atoms with Crippen molar-refractivity contribution in [3.05, 3.63) is 60.2 Å². The molecule has 134 valence electrons. The first-order chi connectivity index (χ1) is 12.5. The number of methoxy groups -OCH3 is 1. The molecule has 0 fully saturated rings. The number of esters is 1. The number of nitrogens with one attached hydrogen (secondary N) is 1. The van der Waals surface area contributed by atoms with Crippen molar-refractivity contribution in [1.29, 1.82) is 0 Å². The zero-order valence-corrected chi connectivity index (χ0v) is 15.3. The number of carbonyl (C=O) groups excluding carboxylic acids is 2. The number of benzene rings is 3. The summed E-state index contributed by atoms with van der Waals surface area (Å²) in [5.74, 6) is -0.422. The summed E-state index contributed by atoms with van der Waals surface area (Å²) in [4.78, 5) is 25.3. The predicted octanol–water partition coefficient (Wildman–Crippen LogP) is 4.31. The average molecular weight is 349 g/mol. The SMILES string of the molecule is COC(=O)[C@H](CC(C)C)NC(=O)c1c2ccccc2cc2ccccc12. The van der Waals surface area contributed by atoms with Crippen LogP contribution in [0.1, 0.15) is 30.6 Å². The lowest BCUT2D eigenvalue weighted by Crippen LogP contribution is -2.42. The summed E-state index contributed by atoms with van der Waals surface area (Å²) in [5.41, 5.74) is 0.594. The van der Waals surface area contributed by atoms with Crippen LogP contribution in [0.5, 0.6) is 0 Å². The molecule has 4 heteroatoms. The molecule has 0 saturated heterocycles. The Morgan fingerprint density at radius 1 is 0.962 bits per heavy atom. The van der Waals surface area contributed by atoms with E-state index in [4.69, 9.17) is 4.74 Å². The maximum absolute atomic E-state index is 13.2. The first kappa shape index (κ1) is 17.9. The molecule has 3 aromatic carbocycles. The summed E-state index contributed by atoms with van der Waals surface area (Å²) >= 11 is 0. The van der Waals surface area contributed by atoms with E-state index in [0.717, 1.165) is 21.5 Å². The van der Waals surface area contributed by atoms with Gasteiger partial charge in [0.2, 0.25) is 0 Å². The van der Waals surface area contributed by atoms with Gasteiger partial charge in [0.05, 0.1) is 12.7 Å². The molecule has 26 heavy (non-hydrogen) atoms. The highest BCUT2D eigenvalue weighted by molar-refractivity contribution is 6.18. The van der Waals surface area contributed by atoms with E-state index in [1.54, 1.807) is 0 Å². The highest BCUT2D eigenvalue weighted by atomic mass is 16.5. The van der Waals surface area contributed by atoms with Gasteiger partial charge < -0.3 is 10.1 Å². The third-order valence-electron chi connectivity index (χ3n) is 4.50. The van der Waals surface area contributed by atoms with Gasteiger partial charge in [-0.2, -0.15) is 0 Å². The second-order valence-electron chi connectivity index (χ2n) is 6.87. The Morgan fingerprint density at radius 2 is 1.50 bits per heavy atom. The highest BCUT2D eigenvalue weighted by Crippen LogP contribution is 2.28. The van der Waals surface area contributed by atoms with Crippen molar-refractivity contribution in [2.45, 2.75) is 26.3 Å². The lowest BCUT2D eigenvalue weighted by Gasteiger charge is -2.19. The van der Waals surface area contributed by atoms with Gasteiger partial charge in [0.25, 0.3) is 5.91 Å². The van der Waals surface area contributed by atoms with E-state index in [0.29, 0.717) is 12.0 Å². The van der Waals surface area contributed by atoms with Crippen molar-refractivity contribution in [3.8, 4) is 0 Å². The summed E-state index contributed by atoms with van der Waals surface area (Å²) in [6, 6.07) is 17.0.